The Kier molecular flexibility index (Phi) is 5.43. The summed E-state index contributed by atoms with van der Waals surface area (Å²) in [5, 5.41) is 3.03. The average Bonchev–Trinajstić information content (AvgIpc) is 2.27. The van der Waals surface area contributed by atoms with Crippen molar-refractivity contribution < 1.29 is 17.9 Å². The molecule has 3 N–H and O–H groups in total. The van der Waals surface area contributed by atoms with Crippen LogP contribution in [0.5, 0.6) is 5.75 Å². The fourth-order valence-electron chi connectivity index (χ4n) is 1.51. The monoisotopic (exact) mass is 262 g/mol. The first-order valence-corrected chi connectivity index (χ1v) is 5.66. The van der Waals surface area contributed by atoms with Crippen molar-refractivity contribution in [1.29, 1.82) is 0 Å². The van der Waals surface area contributed by atoms with E-state index in [1.807, 2.05) is 0 Å². The van der Waals surface area contributed by atoms with Crippen molar-refractivity contribution in [1.82, 2.24) is 5.32 Å². The number of nitrogens with one attached hydrogen (secondary N) is 1. The van der Waals surface area contributed by atoms with Gasteiger partial charge in [-0.05, 0) is 30.7 Å². The Bertz CT molecular complexity index is 380. The van der Waals surface area contributed by atoms with E-state index < -0.39 is 11.7 Å². The number of aryl methyl sites for hydroxylation is 1. The smallest absolute Gasteiger partial charge is 0.416 e. The maximum Gasteiger partial charge on any atom is 0.416 e. The topological polar surface area (TPSA) is 47.3 Å². The Hall–Kier alpha value is -1.27. The van der Waals surface area contributed by atoms with Gasteiger partial charge in [-0.15, -0.1) is 0 Å². The molecule has 0 amide bonds. The fraction of sp³-hybridized carbons (Fsp3) is 0.500. The lowest BCUT2D eigenvalue weighted by Crippen LogP contribution is -2.26. The van der Waals surface area contributed by atoms with E-state index in [0.29, 0.717) is 32.0 Å². The molecule has 0 spiro atoms. The van der Waals surface area contributed by atoms with Gasteiger partial charge in [0.25, 0.3) is 0 Å². The quantitative estimate of drug-likeness (QED) is 0.770. The van der Waals surface area contributed by atoms with Crippen LogP contribution in [-0.2, 0) is 6.18 Å². The van der Waals surface area contributed by atoms with Crippen molar-refractivity contribution in [3.63, 3.8) is 0 Å². The van der Waals surface area contributed by atoms with Crippen molar-refractivity contribution in [3.05, 3.63) is 29.3 Å². The summed E-state index contributed by atoms with van der Waals surface area (Å²) in [5.74, 6) is 0.440. The number of alkyl halides is 3. The third-order valence-corrected chi connectivity index (χ3v) is 2.37. The highest BCUT2D eigenvalue weighted by Gasteiger charge is 2.32. The summed E-state index contributed by atoms with van der Waals surface area (Å²) in [6, 6.07) is 3.77. The van der Waals surface area contributed by atoms with Gasteiger partial charge in [0, 0.05) is 19.6 Å². The van der Waals surface area contributed by atoms with Gasteiger partial charge in [0.1, 0.15) is 12.4 Å². The summed E-state index contributed by atoms with van der Waals surface area (Å²) in [7, 11) is 0. The van der Waals surface area contributed by atoms with Crippen LogP contribution in [0.25, 0.3) is 0 Å². The molecular formula is C12H17F3N2O. The third kappa shape index (κ3) is 4.54. The SMILES string of the molecule is Cc1cc(OCCNCCN)ccc1C(F)(F)F. The van der Waals surface area contributed by atoms with E-state index in [-0.39, 0.29) is 5.56 Å². The van der Waals surface area contributed by atoms with Crippen molar-refractivity contribution in [2.45, 2.75) is 13.1 Å². The molecule has 1 aromatic carbocycles. The zero-order valence-electron chi connectivity index (χ0n) is 10.2. The summed E-state index contributed by atoms with van der Waals surface area (Å²) >= 11 is 0. The molecule has 6 heteroatoms. The van der Waals surface area contributed by atoms with Gasteiger partial charge in [-0.3, -0.25) is 0 Å². The lowest BCUT2D eigenvalue weighted by atomic mass is 10.1. The second kappa shape index (κ2) is 6.61. The van der Waals surface area contributed by atoms with E-state index in [0.717, 1.165) is 6.07 Å². The van der Waals surface area contributed by atoms with Gasteiger partial charge in [-0.2, -0.15) is 13.2 Å². The average molecular weight is 262 g/mol. The Labute approximate surface area is 104 Å². The minimum Gasteiger partial charge on any atom is -0.492 e. The summed E-state index contributed by atoms with van der Waals surface area (Å²) in [6.07, 6.45) is -4.31. The molecule has 0 heterocycles. The number of ether oxygens (including phenoxy) is 1. The van der Waals surface area contributed by atoms with Crippen LogP contribution in [-0.4, -0.2) is 26.2 Å². The molecule has 1 rings (SSSR count). The molecule has 0 radical (unpaired) electrons. The van der Waals surface area contributed by atoms with Gasteiger partial charge in [-0.25, -0.2) is 0 Å². The number of nitrogens with two attached hydrogens (primary N) is 1. The van der Waals surface area contributed by atoms with E-state index in [4.69, 9.17) is 10.5 Å². The molecule has 18 heavy (non-hydrogen) atoms. The Balaban J connectivity index is 2.52. The molecule has 0 atom stereocenters. The molecule has 0 aliphatic carbocycles. The molecule has 0 aliphatic heterocycles. The lowest BCUT2D eigenvalue weighted by molar-refractivity contribution is -0.138. The minimum absolute atomic E-state index is 0.162. The number of hydrogen-bond acceptors (Lipinski definition) is 3. The number of hydrogen-bond donors (Lipinski definition) is 2. The number of benzene rings is 1. The highest BCUT2D eigenvalue weighted by Crippen LogP contribution is 2.33. The molecule has 1 aromatic rings. The maximum atomic E-state index is 12.5. The van der Waals surface area contributed by atoms with Crippen LogP contribution in [0.3, 0.4) is 0 Å². The van der Waals surface area contributed by atoms with Gasteiger partial charge >= 0.3 is 6.18 Å². The second-order valence-electron chi connectivity index (χ2n) is 3.86. The van der Waals surface area contributed by atoms with Crippen molar-refractivity contribution in [2.75, 3.05) is 26.2 Å². The number of halogens is 3. The fourth-order valence-corrected chi connectivity index (χ4v) is 1.51. The van der Waals surface area contributed by atoms with Crippen LogP contribution in [0.15, 0.2) is 18.2 Å². The zero-order valence-corrected chi connectivity index (χ0v) is 10.2. The molecule has 102 valence electrons. The van der Waals surface area contributed by atoms with Crippen molar-refractivity contribution in [3.8, 4) is 5.75 Å². The lowest BCUT2D eigenvalue weighted by Gasteiger charge is -2.12. The van der Waals surface area contributed by atoms with Crippen LogP contribution in [0.2, 0.25) is 0 Å². The van der Waals surface area contributed by atoms with E-state index in [1.165, 1.54) is 19.1 Å². The highest BCUT2D eigenvalue weighted by atomic mass is 19.4. The molecule has 0 saturated heterocycles. The molecule has 0 saturated carbocycles. The molecule has 0 fully saturated rings. The van der Waals surface area contributed by atoms with Gasteiger partial charge < -0.3 is 15.8 Å². The third-order valence-electron chi connectivity index (χ3n) is 2.37. The summed E-state index contributed by atoms with van der Waals surface area (Å²) < 4.78 is 42.9. The first kappa shape index (κ1) is 14.8. The Morgan fingerprint density at radius 3 is 2.56 bits per heavy atom. The predicted octanol–water partition coefficient (Wildman–Crippen LogP) is 1.94. The first-order valence-electron chi connectivity index (χ1n) is 5.66. The molecule has 0 aliphatic rings. The molecule has 0 bridgehead atoms. The zero-order chi connectivity index (χ0) is 13.6. The number of rotatable bonds is 6. The normalized spacial score (nSPS) is 11.6. The van der Waals surface area contributed by atoms with Crippen LogP contribution in [0, 0.1) is 6.92 Å². The summed E-state index contributed by atoms with van der Waals surface area (Å²) in [4.78, 5) is 0. The summed E-state index contributed by atoms with van der Waals surface area (Å²) in [6.45, 7) is 3.65. The molecule has 3 nitrogen and oxygen atoms in total. The predicted molar refractivity (Wildman–Crippen MR) is 63.6 cm³/mol. The van der Waals surface area contributed by atoms with Gasteiger partial charge in [0.2, 0.25) is 0 Å². The first-order chi connectivity index (χ1) is 8.45. The van der Waals surface area contributed by atoms with E-state index in [1.54, 1.807) is 0 Å². The highest BCUT2D eigenvalue weighted by molar-refractivity contribution is 5.36. The van der Waals surface area contributed by atoms with E-state index in [9.17, 15) is 13.2 Å². The standard InChI is InChI=1S/C12H17F3N2O/c1-9-8-10(18-7-6-17-5-4-16)2-3-11(9)12(13,14)15/h2-3,8,17H,4-7,16H2,1H3. The molecule has 0 unspecified atom stereocenters. The largest absolute Gasteiger partial charge is 0.492 e. The van der Waals surface area contributed by atoms with Crippen LogP contribution < -0.4 is 15.8 Å². The Morgan fingerprint density at radius 2 is 2.00 bits per heavy atom. The van der Waals surface area contributed by atoms with E-state index in [2.05, 4.69) is 5.32 Å². The van der Waals surface area contributed by atoms with Gasteiger partial charge in [0.15, 0.2) is 0 Å². The van der Waals surface area contributed by atoms with Crippen LogP contribution >= 0.6 is 0 Å². The van der Waals surface area contributed by atoms with Crippen molar-refractivity contribution in [2.24, 2.45) is 5.73 Å². The molecule has 0 aromatic heterocycles. The minimum atomic E-state index is -4.31. The van der Waals surface area contributed by atoms with Gasteiger partial charge in [-0.1, -0.05) is 0 Å². The second-order valence-corrected chi connectivity index (χ2v) is 3.86. The Morgan fingerprint density at radius 1 is 1.28 bits per heavy atom. The summed E-state index contributed by atoms with van der Waals surface area (Å²) in [5.41, 5.74) is 4.82. The van der Waals surface area contributed by atoms with Crippen LogP contribution in [0.4, 0.5) is 13.2 Å². The van der Waals surface area contributed by atoms with Gasteiger partial charge in [0.05, 0.1) is 5.56 Å². The molecular weight excluding hydrogens is 245 g/mol. The maximum absolute atomic E-state index is 12.5. The van der Waals surface area contributed by atoms with E-state index >= 15 is 0 Å². The van der Waals surface area contributed by atoms with Crippen molar-refractivity contribution >= 4 is 0 Å². The van der Waals surface area contributed by atoms with Crippen LogP contribution in [0.1, 0.15) is 11.1 Å².